The highest BCUT2D eigenvalue weighted by molar-refractivity contribution is 5.93. The van der Waals surface area contributed by atoms with Crippen molar-refractivity contribution in [1.82, 2.24) is 29.9 Å². The zero-order chi connectivity index (χ0) is 18.7. The molecule has 2 aromatic heterocycles. The lowest BCUT2D eigenvalue weighted by molar-refractivity contribution is -0.132. The zero-order valence-electron chi connectivity index (χ0n) is 15.4. The fourth-order valence-electron chi connectivity index (χ4n) is 2.84. The molecule has 1 aliphatic rings. The number of aryl methyl sites for hydroxylation is 2. The van der Waals surface area contributed by atoms with Crippen molar-refractivity contribution in [3.63, 3.8) is 0 Å². The van der Waals surface area contributed by atoms with Crippen LogP contribution in [0, 0.1) is 6.92 Å². The van der Waals surface area contributed by atoms with Crippen molar-refractivity contribution in [2.45, 2.75) is 13.3 Å². The van der Waals surface area contributed by atoms with Crippen LogP contribution >= 0.6 is 0 Å². The van der Waals surface area contributed by atoms with Gasteiger partial charge in [0, 0.05) is 52.4 Å². The quantitative estimate of drug-likeness (QED) is 0.823. The number of likely N-dealkylation sites (N-methyl/N-ethyl adjacent to an activating group) is 1. The van der Waals surface area contributed by atoms with Gasteiger partial charge in [-0.3, -0.25) is 14.3 Å². The Labute approximate surface area is 152 Å². The van der Waals surface area contributed by atoms with Crippen LogP contribution in [0.25, 0.3) is 11.5 Å². The highest BCUT2D eigenvalue weighted by atomic mass is 16.4. The maximum atomic E-state index is 12.3. The van der Waals surface area contributed by atoms with Gasteiger partial charge < -0.3 is 19.5 Å². The molecule has 2 aromatic rings. The number of nitrogens with one attached hydrogen (secondary N) is 1. The third kappa shape index (κ3) is 4.10. The van der Waals surface area contributed by atoms with Crippen LogP contribution in [0.2, 0.25) is 0 Å². The lowest BCUT2D eigenvalue weighted by atomic mass is 10.2. The maximum Gasteiger partial charge on any atom is 0.273 e. The van der Waals surface area contributed by atoms with Gasteiger partial charge in [0.1, 0.15) is 5.76 Å². The van der Waals surface area contributed by atoms with Gasteiger partial charge in [0.05, 0.1) is 11.8 Å². The summed E-state index contributed by atoms with van der Waals surface area (Å²) in [7, 11) is 3.84. The molecule has 1 aliphatic heterocycles. The number of carbonyl (C=O) groups is 2. The van der Waals surface area contributed by atoms with Gasteiger partial charge in [0.25, 0.3) is 5.91 Å². The van der Waals surface area contributed by atoms with E-state index in [0.29, 0.717) is 17.2 Å². The van der Waals surface area contributed by atoms with Crippen molar-refractivity contribution < 1.29 is 14.0 Å². The average Bonchev–Trinajstić information content (AvgIpc) is 3.21. The molecule has 2 amide bonds. The lowest BCUT2D eigenvalue weighted by Gasteiger charge is -2.32. The summed E-state index contributed by atoms with van der Waals surface area (Å²) in [6.07, 6.45) is 3.67. The number of nitrogens with zero attached hydrogens (tertiary/aromatic N) is 5. The summed E-state index contributed by atoms with van der Waals surface area (Å²) >= 11 is 0. The molecule has 0 bridgehead atoms. The molecule has 0 atom stereocenters. The second-order valence-corrected chi connectivity index (χ2v) is 6.52. The smallest absolute Gasteiger partial charge is 0.273 e. The van der Waals surface area contributed by atoms with Gasteiger partial charge in [-0.25, -0.2) is 4.98 Å². The van der Waals surface area contributed by atoms with E-state index in [2.05, 4.69) is 20.3 Å². The van der Waals surface area contributed by atoms with Crippen LogP contribution in [-0.2, 0) is 11.8 Å². The number of carbonyl (C=O) groups excluding carboxylic acids is 2. The molecule has 0 saturated carbocycles. The van der Waals surface area contributed by atoms with E-state index in [1.807, 2.05) is 11.9 Å². The predicted molar refractivity (Wildman–Crippen MR) is 94.5 cm³/mol. The number of oxazole rings is 1. The first-order valence-corrected chi connectivity index (χ1v) is 8.65. The summed E-state index contributed by atoms with van der Waals surface area (Å²) in [6.45, 7) is 5.21. The monoisotopic (exact) mass is 360 g/mol. The van der Waals surface area contributed by atoms with Crippen LogP contribution in [0.5, 0.6) is 0 Å². The molecule has 3 rings (SSSR count). The Kier molecular flexibility index (Phi) is 5.36. The molecule has 1 saturated heterocycles. The van der Waals surface area contributed by atoms with E-state index >= 15 is 0 Å². The molecule has 26 heavy (non-hydrogen) atoms. The molecule has 0 aromatic carbocycles. The van der Waals surface area contributed by atoms with Crippen molar-refractivity contribution in [3.05, 3.63) is 23.8 Å². The molecular formula is C17H24N6O3. The number of hydrogen-bond acceptors (Lipinski definition) is 6. The zero-order valence-corrected chi connectivity index (χ0v) is 15.4. The van der Waals surface area contributed by atoms with Gasteiger partial charge in [-0.1, -0.05) is 0 Å². The Morgan fingerprint density at radius 1 is 1.23 bits per heavy atom. The van der Waals surface area contributed by atoms with Gasteiger partial charge in [-0.2, -0.15) is 5.10 Å². The lowest BCUT2D eigenvalue weighted by Crippen LogP contribution is -2.47. The molecule has 3 heterocycles. The van der Waals surface area contributed by atoms with E-state index in [9.17, 15) is 9.59 Å². The summed E-state index contributed by atoms with van der Waals surface area (Å²) in [5.41, 5.74) is 0.941. The van der Waals surface area contributed by atoms with Crippen molar-refractivity contribution in [2.75, 3.05) is 39.8 Å². The summed E-state index contributed by atoms with van der Waals surface area (Å²) in [5, 5.41) is 6.81. The van der Waals surface area contributed by atoms with Crippen LogP contribution in [0.15, 0.2) is 16.8 Å². The third-order valence-corrected chi connectivity index (χ3v) is 4.44. The number of hydrogen-bond donors (Lipinski definition) is 1. The topological polar surface area (TPSA) is 96.5 Å². The molecular weight excluding hydrogens is 336 g/mol. The van der Waals surface area contributed by atoms with Gasteiger partial charge in [-0.15, -0.1) is 0 Å². The van der Waals surface area contributed by atoms with Crippen LogP contribution < -0.4 is 5.32 Å². The molecule has 1 fully saturated rings. The van der Waals surface area contributed by atoms with E-state index in [0.717, 1.165) is 26.2 Å². The highest BCUT2D eigenvalue weighted by Gasteiger charge is 2.21. The largest absolute Gasteiger partial charge is 0.440 e. The SMILES string of the molecule is Cc1oc(-c2cnn(C)c2)nc1C(=O)NCCC(=O)N1CCN(C)CC1. The van der Waals surface area contributed by atoms with E-state index in [1.54, 1.807) is 31.0 Å². The van der Waals surface area contributed by atoms with E-state index in [1.165, 1.54) is 0 Å². The minimum absolute atomic E-state index is 0.0614. The summed E-state index contributed by atoms with van der Waals surface area (Å²) < 4.78 is 7.20. The van der Waals surface area contributed by atoms with Gasteiger partial charge in [-0.05, 0) is 14.0 Å². The molecule has 140 valence electrons. The minimum Gasteiger partial charge on any atom is -0.440 e. The Balaban J connectivity index is 1.52. The first-order valence-electron chi connectivity index (χ1n) is 8.65. The van der Waals surface area contributed by atoms with Crippen molar-refractivity contribution in [3.8, 4) is 11.5 Å². The van der Waals surface area contributed by atoms with Gasteiger partial charge in [0.2, 0.25) is 11.8 Å². The van der Waals surface area contributed by atoms with Gasteiger partial charge >= 0.3 is 0 Å². The van der Waals surface area contributed by atoms with Crippen molar-refractivity contribution in [2.24, 2.45) is 7.05 Å². The minimum atomic E-state index is -0.340. The summed E-state index contributed by atoms with van der Waals surface area (Å²) in [4.78, 5) is 32.8. The Hall–Kier alpha value is -2.68. The van der Waals surface area contributed by atoms with Crippen molar-refractivity contribution in [1.29, 1.82) is 0 Å². The van der Waals surface area contributed by atoms with Crippen LogP contribution in [-0.4, -0.2) is 76.2 Å². The number of amides is 2. The van der Waals surface area contributed by atoms with Crippen LogP contribution in [0.3, 0.4) is 0 Å². The average molecular weight is 360 g/mol. The van der Waals surface area contributed by atoms with Crippen molar-refractivity contribution >= 4 is 11.8 Å². The molecule has 0 unspecified atom stereocenters. The van der Waals surface area contributed by atoms with E-state index < -0.39 is 0 Å². The molecule has 0 radical (unpaired) electrons. The molecule has 0 spiro atoms. The van der Waals surface area contributed by atoms with Crippen LogP contribution in [0.4, 0.5) is 0 Å². The number of aromatic nitrogens is 3. The van der Waals surface area contributed by atoms with E-state index in [4.69, 9.17) is 4.42 Å². The normalized spacial score (nSPS) is 15.3. The van der Waals surface area contributed by atoms with E-state index in [-0.39, 0.29) is 30.5 Å². The third-order valence-electron chi connectivity index (χ3n) is 4.44. The second-order valence-electron chi connectivity index (χ2n) is 6.52. The van der Waals surface area contributed by atoms with Crippen LogP contribution in [0.1, 0.15) is 22.7 Å². The predicted octanol–water partition coefficient (Wildman–Crippen LogP) is 0.277. The first kappa shape index (κ1) is 18.1. The number of rotatable bonds is 5. The molecule has 0 aliphatic carbocycles. The fourth-order valence-corrected chi connectivity index (χ4v) is 2.84. The maximum absolute atomic E-state index is 12.3. The fraction of sp³-hybridized carbons (Fsp3) is 0.529. The Morgan fingerprint density at radius 2 is 1.96 bits per heavy atom. The molecule has 9 heteroatoms. The van der Waals surface area contributed by atoms with Gasteiger partial charge in [0.15, 0.2) is 5.69 Å². The Bertz CT molecular complexity index is 788. The first-order chi connectivity index (χ1) is 12.4. The summed E-state index contributed by atoms with van der Waals surface area (Å²) in [6, 6.07) is 0. The number of piperazine rings is 1. The Morgan fingerprint density at radius 3 is 2.62 bits per heavy atom. The summed E-state index contributed by atoms with van der Waals surface area (Å²) in [5.74, 6) is 0.514. The molecule has 9 nitrogen and oxygen atoms in total. The highest BCUT2D eigenvalue weighted by Crippen LogP contribution is 2.20. The standard InChI is InChI=1S/C17H24N6O3/c1-12-15(20-17(26-12)13-10-19-22(3)11-13)16(25)18-5-4-14(24)23-8-6-21(2)7-9-23/h10-11H,4-9H2,1-3H3,(H,18,25). The second kappa shape index (κ2) is 7.69. The molecule has 1 N–H and O–H groups in total.